The number of halogens is 3. The van der Waals surface area contributed by atoms with Gasteiger partial charge in [0.1, 0.15) is 10.3 Å². The first kappa shape index (κ1) is 9.60. The van der Waals surface area contributed by atoms with E-state index in [9.17, 15) is 8.78 Å². The van der Waals surface area contributed by atoms with E-state index in [0.717, 1.165) is 4.68 Å². The minimum Gasteiger partial charge on any atom is -0.325 e. The molecule has 1 aromatic heterocycles. The number of nitrogens with two attached hydrogens (primary N) is 1. The first-order valence-corrected chi connectivity index (χ1v) is 4.04. The molecule has 0 saturated carbocycles. The molecule has 0 spiro atoms. The fourth-order valence-corrected chi connectivity index (χ4v) is 1.33. The van der Waals surface area contributed by atoms with Gasteiger partial charge >= 0.3 is 5.92 Å². The smallest absolute Gasteiger partial charge is 0.301 e. The third-order valence-corrected chi connectivity index (χ3v) is 1.87. The van der Waals surface area contributed by atoms with Gasteiger partial charge < -0.3 is 5.73 Å². The van der Waals surface area contributed by atoms with Crippen LogP contribution in [-0.2, 0) is 13.0 Å². The van der Waals surface area contributed by atoms with Crippen LogP contribution in [0, 0.1) is 0 Å². The molecule has 1 rings (SSSR count). The SMILES string of the molecule is Cn1nc(Br)cc1C(F)(F)CN. The van der Waals surface area contributed by atoms with Crippen molar-refractivity contribution in [2.24, 2.45) is 12.8 Å². The number of nitrogens with zero attached hydrogens (tertiary/aromatic N) is 2. The molecule has 2 N–H and O–H groups in total. The predicted octanol–water partition coefficient (Wildman–Crippen LogP) is 1.23. The van der Waals surface area contributed by atoms with Gasteiger partial charge in [-0.1, -0.05) is 0 Å². The first-order valence-electron chi connectivity index (χ1n) is 3.25. The normalized spacial score (nSPS) is 12.1. The summed E-state index contributed by atoms with van der Waals surface area (Å²) in [4.78, 5) is 0. The first-order chi connectivity index (χ1) is 5.47. The van der Waals surface area contributed by atoms with Crippen LogP contribution in [0.25, 0.3) is 0 Å². The fraction of sp³-hybridized carbons (Fsp3) is 0.500. The Morgan fingerprint density at radius 1 is 1.75 bits per heavy atom. The number of rotatable bonds is 2. The fourth-order valence-electron chi connectivity index (χ4n) is 0.879. The van der Waals surface area contributed by atoms with Gasteiger partial charge in [0.15, 0.2) is 0 Å². The maximum Gasteiger partial charge on any atom is 0.301 e. The summed E-state index contributed by atoms with van der Waals surface area (Å²) in [6, 6.07) is 1.26. The summed E-state index contributed by atoms with van der Waals surface area (Å²) in [6.07, 6.45) is 0. The van der Waals surface area contributed by atoms with Crippen molar-refractivity contribution >= 4 is 15.9 Å². The zero-order valence-corrected chi connectivity index (χ0v) is 7.98. The van der Waals surface area contributed by atoms with Crippen molar-refractivity contribution in [3.8, 4) is 0 Å². The number of aromatic nitrogens is 2. The lowest BCUT2D eigenvalue weighted by Gasteiger charge is -2.12. The van der Waals surface area contributed by atoms with Gasteiger partial charge in [0.25, 0.3) is 0 Å². The molecule has 0 amide bonds. The number of hydrogen-bond acceptors (Lipinski definition) is 2. The average molecular weight is 240 g/mol. The molecule has 0 aliphatic heterocycles. The Bertz CT molecular complexity index is 284. The van der Waals surface area contributed by atoms with Crippen LogP contribution in [0.3, 0.4) is 0 Å². The van der Waals surface area contributed by atoms with Crippen LogP contribution >= 0.6 is 15.9 Å². The molecule has 0 aliphatic carbocycles. The standard InChI is InChI=1S/C6H8BrF2N3/c1-12-4(2-5(7)11-12)6(8,9)3-10/h2H,3,10H2,1H3. The van der Waals surface area contributed by atoms with Crippen LogP contribution in [0.4, 0.5) is 8.78 Å². The van der Waals surface area contributed by atoms with Gasteiger partial charge in [-0.25, -0.2) is 0 Å². The highest BCUT2D eigenvalue weighted by molar-refractivity contribution is 9.10. The molecule has 3 nitrogen and oxygen atoms in total. The topological polar surface area (TPSA) is 43.8 Å². The van der Waals surface area contributed by atoms with Crippen molar-refractivity contribution in [3.05, 3.63) is 16.4 Å². The second-order valence-corrected chi connectivity index (χ2v) is 3.20. The highest BCUT2D eigenvalue weighted by atomic mass is 79.9. The van der Waals surface area contributed by atoms with Gasteiger partial charge in [0.2, 0.25) is 0 Å². The lowest BCUT2D eigenvalue weighted by atomic mass is 10.2. The summed E-state index contributed by atoms with van der Waals surface area (Å²) in [5.41, 5.74) is 4.73. The van der Waals surface area contributed by atoms with E-state index < -0.39 is 12.5 Å². The third kappa shape index (κ3) is 1.64. The summed E-state index contributed by atoms with van der Waals surface area (Å²) in [5.74, 6) is -3.01. The minimum atomic E-state index is -3.01. The van der Waals surface area contributed by atoms with Crippen LogP contribution in [0.2, 0.25) is 0 Å². The largest absolute Gasteiger partial charge is 0.325 e. The van der Waals surface area contributed by atoms with Gasteiger partial charge in [-0.2, -0.15) is 13.9 Å². The average Bonchev–Trinajstić information content (AvgIpc) is 2.31. The van der Waals surface area contributed by atoms with Crippen molar-refractivity contribution in [1.29, 1.82) is 0 Å². The van der Waals surface area contributed by atoms with E-state index >= 15 is 0 Å². The lowest BCUT2D eigenvalue weighted by Crippen LogP contribution is -2.27. The molecule has 1 aromatic rings. The number of hydrogen-bond donors (Lipinski definition) is 1. The molecule has 1 heterocycles. The van der Waals surface area contributed by atoms with Crippen molar-refractivity contribution in [1.82, 2.24) is 9.78 Å². The third-order valence-electron chi connectivity index (χ3n) is 1.48. The Balaban J connectivity index is 3.09. The lowest BCUT2D eigenvalue weighted by molar-refractivity contribution is -0.00238. The molecule has 0 unspecified atom stereocenters. The molecular weight excluding hydrogens is 232 g/mol. The van der Waals surface area contributed by atoms with Crippen LogP contribution in [0.15, 0.2) is 10.7 Å². The monoisotopic (exact) mass is 239 g/mol. The molecule has 0 atom stereocenters. The maximum atomic E-state index is 13.0. The minimum absolute atomic E-state index is 0.183. The van der Waals surface area contributed by atoms with Gasteiger partial charge in [0, 0.05) is 13.1 Å². The quantitative estimate of drug-likeness (QED) is 0.844. The van der Waals surface area contributed by atoms with Crippen LogP contribution < -0.4 is 5.73 Å². The van der Waals surface area contributed by atoms with E-state index in [1.807, 2.05) is 0 Å². The van der Waals surface area contributed by atoms with Gasteiger partial charge in [0.05, 0.1) is 6.54 Å². The highest BCUT2D eigenvalue weighted by Crippen LogP contribution is 2.27. The number of alkyl halides is 2. The molecule has 6 heteroatoms. The zero-order valence-electron chi connectivity index (χ0n) is 6.39. The Hall–Kier alpha value is -0.490. The van der Waals surface area contributed by atoms with Crippen molar-refractivity contribution in [3.63, 3.8) is 0 Å². The molecule has 12 heavy (non-hydrogen) atoms. The molecule has 68 valence electrons. The molecule has 0 aliphatic rings. The second kappa shape index (κ2) is 3.10. The Kier molecular flexibility index (Phi) is 2.48. The maximum absolute atomic E-state index is 13.0. The number of aryl methyl sites for hydroxylation is 1. The summed E-state index contributed by atoms with van der Waals surface area (Å²) < 4.78 is 27.4. The molecule has 0 saturated heterocycles. The molecule has 0 radical (unpaired) electrons. The van der Waals surface area contributed by atoms with E-state index in [1.165, 1.54) is 13.1 Å². The Morgan fingerprint density at radius 3 is 2.67 bits per heavy atom. The van der Waals surface area contributed by atoms with E-state index in [4.69, 9.17) is 5.73 Å². The second-order valence-electron chi connectivity index (χ2n) is 2.38. The highest BCUT2D eigenvalue weighted by Gasteiger charge is 2.33. The van der Waals surface area contributed by atoms with E-state index in [1.54, 1.807) is 0 Å². The van der Waals surface area contributed by atoms with Crippen LogP contribution in [0.5, 0.6) is 0 Å². The summed E-state index contributed by atoms with van der Waals surface area (Å²) in [6.45, 7) is -0.709. The molecule has 0 bridgehead atoms. The van der Waals surface area contributed by atoms with Gasteiger partial charge in [-0.05, 0) is 15.9 Å². The van der Waals surface area contributed by atoms with Gasteiger partial charge in [-0.15, -0.1) is 0 Å². The Labute approximate surface area is 76.7 Å². The summed E-state index contributed by atoms with van der Waals surface area (Å²) in [5, 5.41) is 3.72. The van der Waals surface area contributed by atoms with Crippen LogP contribution in [0.1, 0.15) is 5.69 Å². The van der Waals surface area contributed by atoms with Crippen molar-refractivity contribution in [2.75, 3.05) is 6.54 Å². The molecule has 0 fully saturated rings. The Morgan fingerprint density at radius 2 is 2.33 bits per heavy atom. The van der Waals surface area contributed by atoms with Crippen molar-refractivity contribution in [2.45, 2.75) is 5.92 Å². The van der Waals surface area contributed by atoms with E-state index in [0.29, 0.717) is 4.60 Å². The predicted molar refractivity (Wildman–Crippen MR) is 43.9 cm³/mol. The summed E-state index contributed by atoms with van der Waals surface area (Å²) in [7, 11) is 1.45. The van der Waals surface area contributed by atoms with E-state index in [-0.39, 0.29) is 5.69 Å². The molecular formula is C6H8BrF2N3. The van der Waals surface area contributed by atoms with Crippen molar-refractivity contribution < 1.29 is 8.78 Å². The van der Waals surface area contributed by atoms with E-state index in [2.05, 4.69) is 21.0 Å². The zero-order chi connectivity index (χ0) is 9.35. The van der Waals surface area contributed by atoms with Gasteiger partial charge in [-0.3, -0.25) is 4.68 Å². The summed E-state index contributed by atoms with van der Waals surface area (Å²) >= 11 is 3.00. The van der Waals surface area contributed by atoms with Crippen LogP contribution in [-0.4, -0.2) is 16.3 Å². The molecule has 0 aromatic carbocycles.